The van der Waals surface area contributed by atoms with Crippen molar-refractivity contribution in [2.45, 2.75) is 10.0 Å². The summed E-state index contributed by atoms with van der Waals surface area (Å²) < 4.78 is 8.52. The van der Waals surface area contributed by atoms with E-state index < -0.39 is 20.9 Å². The monoisotopic (exact) mass is 418 g/mol. The SMILES string of the molecule is COc1ccc(C(=O)NC(Oc2ccc([N+](=O)[O-])cc2)C(Cl)(Cl)Cl)cc1. The number of benzene rings is 2. The number of nitro benzene ring substituents is 1. The number of nitrogens with one attached hydrogen (secondary N) is 1. The minimum atomic E-state index is -1.98. The van der Waals surface area contributed by atoms with E-state index in [4.69, 9.17) is 44.3 Å². The Morgan fingerprint density at radius 2 is 1.62 bits per heavy atom. The Balaban J connectivity index is 2.13. The Morgan fingerprint density at radius 1 is 1.08 bits per heavy atom. The van der Waals surface area contributed by atoms with Crippen LogP contribution in [0.25, 0.3) is 0 Å². The molecule has 2 rings (SSSR count). The maximum atomic E-state index is 12.3. The van der Waals surface area contributed by atoms with Crippen molar-refractivity contribution in [3.8, 4) is 11.5 Å². The Bertz CT molecular complexity index is 776. The number of amides is 1. The highest BCUT2D eigenvalue weighted by Crippen LogP contribution is 2.32. The molecule has 1 amide bonds. The van der Waals surface area contributed by atoms with Crippen LogP contribution in [0.3, 0.4) is 0 Å². The van der Waals surface area contributed by atoms with Crippen LogP contribution < -0.4 is 14.8 Å². The van der Waals surface area contributed by atoms with Crippen molar-refractivity contribution in [1.82, 2.24) is 5.32 Å². The van der Waals surface area contributed by atoms with Gasteiger partial charge in [-0.05, 0) is 36.4 Å². The molecule has 10 heteroatoms. The predicted octanol–water partition coefficient (Wildman–Crippen LogP) is 4.11. The number of carbonyl (C=O) groups is 1. The lowest BCUT2D eigenvalue weighted by Gasteiger charge is -2.26. The first-order valence-corrected chi connectivity index (χ1v) is 8.27. The largest absolute Gasteiger partial charge is 0.497 e. The number of nitro groups is 1. The number of halogens is 3. The highest BCUT2D eigenvalue weighted by atomic mass is 35.6. The van der Waals surface area contributed by atoms with E-state index in [1.807, 2.05) is 0 Å². The van der Waals surface area contributed by atoms with Crippen LogP contribution in [0.5, 0.6) is 11.5 Å². The first-order chi connectivity index (χ1) is 12.2. The molecule has 26 heavy (non-hydrogen) atoms. The fourth-order valence-electron chi connectivity index (χ4n) is 1.91. The molecule has 7 nitrogen and oxygen atoms in total. The van der Waals surface area contributed by atoms with Crippen molar-refractivity contribution in [3.05, 3.63) is 64.2 Å². The third kappa shape index (κ3) is 5.39. The average Bonchev–Trinajstić information content (AvgIpc) is 2.60. The normalized spacial score (nSPS) is 12.2. The highest BCUT2D eigenvalue weighted by Gasteiger charge is 2.36. The zero-order valence-electron chi connectivity index (χ0n) is 13.3. The van der Waals surface area contributed by atoms with Gasteiger partial charge in [0.15, 0.2) is 0 Å². The molecule has 2 aromatic rings. The van der Waals surface area contributed by atoms with E-state index in [0.717, 1.165) is 0 Å². The molecule has 0 spiro atoms. The summed E-state index contributed by atoms with van der Waals surface area (Å²) in [5, 5.41) is 13.1. The molecular formula is C16H13Cl3N2O5. The van der Waals surface area contributed by atoms with Gasteiger partial charge in [0.05, 0.1) is 12.0 Å². The summed E-state index contributed by atoms with van der Waals surface area (Å²) in [6, 6.07) is 11.4. The molecule has 0 fully saturated rings. The second-order valence-electron chi connectivity index (χ2n) is 4.99. The van der Waals surface area contributed by atoms with Gasteiger partial charge in [0.2, 0.25) is 10.0 Å². The number of methoxy groups -OCH3 is 1. The summed E-state index contributed by atoms with van der Waals surface area (Å²) in [7, 11) is 1.51. The van der Waals surface area contributed by atoms with Gasteiger partial charge in [-0.15, -0.1) is 0 Å². The van der Waals surface area contributed by atoms with Crippen molar-refractivity contribution < 1.29 is 19.2 Å². The van der Waals surface area contributed by atoms with Gasteiger partial charge in [0, 0.05) is 17.7 Å². The van der Waals surface area contributed by atoms with Crippen molar-refractivity contribution in [1.29, 1.82) is 0 Å². The lowest BCUT2D eigenvalue weighted by Crippen LogP contribution is -2.47. The van der Waals surface area contributed by atoms with Crippen LogP contribution in [0, 0.1) is 10.1 Å². The summed E-state index contributed by atoms with van der Waals surface area (Å²) in [5.74, 6) is 0.231. The number of rotatable bonds is 6. The molecule has 2 aromatic carbocycles. The second kappa shape index (κ2) is 8.44. The van der Waals surface area contributed by atoms with Crippen LogP contribution in [0.15, 0.2) is 48.5 Å². The van der Waals surface area contributed by atoms with Crippen molar-refractivity contribution in [2.75, 3.05) is 7.11 Å². The average molecular weight is 420 g/mol. The van der Waals surface area contributed by atoms with Crippen LogP contribution in [-0.2, 0) is 0 Å². The van der Waals surface area contributed by atoms with Gasteiger partial charge in [0.25, 0.3) is 11.6 Å². The Kier molecular flexibility index (Phi) is 6.52. The molecule has 1 N–H and O–H groups in total. The molecule has 1 unspecified atom stereocenters. The topological polar surface area (TPSA) is 90.7 Å². The van der Waals surface area contributed by atoms with Gasteiger partial charge in [-0.1, -0.05) is 34.8 Å². The number of hydrogen-bond acceptors (Lipinski definition) is 5. The van der Waals surface area contributed by atoms with E-state index in [2.05, 4.69) is 5.32 Å². The van der Waals surface area contributed by atoms with Crippen LogP contribution in [0.4, 0.5) is 5.69 Å². The van der Waals surface area contributed by atoms with Crippen LogP contribution in [-0.4, -0.2) is 28.0 Å². The van der Waals surface area contributed by atoms with Gasteiger partial charge in [-0.25, -0.2) is 0 Å². The van der Waals surface area contributed by atoms with E-state index >= 15 is 0 Å². The first-order valence-electron chi connectivity index (χ1n) is 7.13. The maximum Gasteiger partial charge on any atom is 0.269 e. The van der Waals surface area contributed by atoms with E-state index in [1.165, 1.54) is 43.5 Å². The number of hydrogen-bond donors (Lipinski definition) is 1. The third-order valence-corrected chi connectivity index (χ3v) is 3.81. The molecule has 1 atom stereocenters. The first kappa shape index (κ1) is 20.1. The molecule has 0 aliphatic carbocycles. The zero-order chi connectivity index (χ0) is 19.3. The molecule has 0 aliphatic rings. The van der Waals surface area contributed by atoms with Gasteiger partial charge in [-0.2, -0.15) is 0 Å². The third-order valence-electron chi connectivity index (χ3n) is 3.21. The van der Waals surface area contributed by atoms with Gasteiger partial charge in [0.1, 0.15) is 11.5 Å². The van der Waals surface area contributed by atoms with Crippen molar-refractivity contribution in [3.63, 3.8) is 0 Å². The number of non-ortho nitro benzene ring substituents is 1. The molecule has 0 aliphatic heterocycles. The predicted molar refractivity (Wildman–Crippen MR) is 98.3 cm³/mol. The summed E-state index contributed by atoms with van der Waals surface area (Å²) >= 11 is 17.6. The Morgan fingerprint density at radius 3 is 2.08 bits per heavy atom. The van der Waals surface area contributed by atoms with Crippen molar-refractivity contribution >= 4 is 46.4 Å². The molecule has 0 aromatic heterocycles. The molecule has 0 bridgehead atoms. The van der Waals surface area contributed by atoms with Crippen LogP contribution in [0.1, 0.15) is 10.4 Å². The Hall–Kier alpha value is -2.22. The molecule has 0 radical (unpaired) electrons. The fraction of sp³-hybridized carbons (Fsp3) is 0.188. The summed E-state index contributed by atoms with van der Waals surface area (Å²) in [5.41, 5.74) is 0.183. The maximum absolute atomic E-state index is 12.3. The van der Waals surface area contributed by atoms with Gasteiger partial charge >= 0.3 is 0 Å². The molecule has 0 saturated heterocycles. The lowest BCUT2D eigenvalue weighted by atomic mass is 10.2. The molecular weight excluding hydrogens is 407 g/mol. The minimum Gasteiger partial charge on any atom is -0.497 e. The lowest BCUT2D eigenvalue weighted by molar-refractivity contribution is -0.384. The number of nitrogens with zero attached hydrogens (tertiary/aromatic N) is 1. The number of alkyl halides is 3. The van der Waals surface area contributed by atoms with Gasteiger partial charge < -0.3 is 14.8 Å². The highest BCUT2D eigenvalue weighted by molar-refractivity contribution is 6.68. The molecule has 0 saturated carbocycles. The number of carbonyl (C=O) groups excluding carboxylic acids is 1. The summed E-state index contributed by atoms with van der Waals surface area (Å²) in [6.07, 6.45) is -1.33. The molecule has 0 heterocycles. The smallest absolute Gasteiger partial charge is 0.269 e. The standard InChI is InChI=1S/C16H13Cl3N2O5/c1-25-12-6-2-10(3-7-12)14(22)20-15(16(17,18)19)26-13-8-4-11(5-9-13)21(23)24/h2-9,15H,1H3,(H,20,22). The van der Waals surface area contributed by atoms with Crippen LogP contribution in [0.2, 0.25) is 0 Å². The van der Waals surface area contributed by atoms with E-state index in [0.29, 0.717) is 11.3 Å². The second-order valence-corrected chi connectivity index (χ2v) is 7.36. The Labute approximate surface area is 163 Å². The molecule has 138 valence electrons. The van der Waals surface area contributed by atoms with Crippen LogP contribution >= 0.6 is 34.8 Å². The summed E-state index contributed by atoms with van der Waals surface area (Å²) in [4.78, 5) is 22.5. The van der Waals surface area contributed by atoms with E-state index in [1.54, 1.807) is 12.1 Å². The quantitative estimate of drug-likeness (QED) is 0.329. The minimum absolute atomic E-state index is 0.120. The van der Waals surface area contributed by atoms with Crippen molar-refractivity contribution in [2.24, 2.45) is 0 Å². The fourth-order valence-corrected chi connectivity index (χ4v) is 2.20. The van der Waals surface area contributed by atoms with E-state index in [-0.39, 0.29) is 11.4 Å². The van der Waals surface area contributed by atoms with Gasteiger partial charge in [-0.3, -0.25) is 14.9 Å². The number of ether oxygens (including phenoxy) is 2. The zero-order valence-corrected chi connectivity index (χ0v) is 15.6. The van der Waals surface area contributed by atoms with E-state index in [9.17, 15) is 14.9 Å². The summed E-state index contributed by atoms with van der Waals surface area (Å²) in [6.45, 7) is 0.